The molecule has 1 aliphatic rings. The summed E-state index contributed by atoms with van der Waals surface area (Å²) in [4.78, 5) is 13.9. The number of nitrogens with two attached hydrogens (primary N) is 1. The molecule has 5 nitrogen and oxygen atoms in total. The SMILES string of the molecule is COc1cc2c(cc1OC)CN(C(=O)CC(C)N)CC2.Cl. The van der Waals surface area contributed by atoms with Crippen LogP contribution in [0.15, 0.2) is 12.1 Å². The lowest BCUT2D eigenvalue weighted by molar-refractivity contribution is -0.132. The maximum absolute atomic E-state index is 12.1. The quantitative estimate of drug-likeness (QED) is 0.919. The first-order valence-corrected chi connectivity index (χ1v) is 6.82. The Balaban J connectivity index is 0.00000220. The van der Waals surface area contributed by atoms with Gasteiger partial charge < -0.3 is 20.1 Å². The van der Waals surface area contributed by atoms with Crippen molar-refractivity contribution in [2.75, 3.05) is 20.8 Å². The van der Waals surface area contributed by atoms with Crippen LogP contribution in [-0.2, 0) is 17.8 Å². The van der Waals surface area contributed by atoms with Gasteiger partial charge in [-0.25, -0.2) is 0 Å². The van der Waals surface area contributed by atoms with Gasteiger partial charge in [-0.1, -0.05) is 0 Å². The Bertz CT molecular complexity index is 506. The second kappa shape index (κ2) is 7.52. The van der Waals surface area contributed by atoms with Crippen LogP contribution in [0.5, 0.6) is 11.5 Å². The number of methoxy groups -OCH3 is 2. The van der Waals surface area contributed by atoms with Gasteiger partial charge >= 0.3 is 0 Å². The predicted molar refractivity (Wildman–Crippen MR) is 84.2 cm³/mol. The van der Waals surface area contributed by atoms with Crippen molar-refractivity contribution >= 4 is 18.3 Å². The van der Waals surface area contributed by atoms with E-state index in [1.165, 1.54) is 5.56 Å². The van der Waals surface area contributed by atoms with Gasteiger partial charge in [0.15, 0.2) is 11.5 Å². The monoisotopic (exact) mass is 314 g/mol. The van der Waals surface area contributed by atoms with Crippen molar-refractivity contribution in [3.8, 4) is 11.5 Å². The molecular weight excluding hydrogens is 292 g/mol. The minimum absolute atomic E-state index is 0. The Morgan fingerprint density at radius 1 is 1.29 bits per heavy atom. The van der Waals surface area contributed by atoms with Gasteiger partial charge in [-0.15, -0.1) is 12.4 Å². The number of fused-ring (bicyclic) bond motifs is 1. The van der Waals surface area contributed by atoms with E-state index in [9.17, 15) is 4.79 Å². The molecule has 21 heavy (non-hydrogen) atoms. The van der Waals surface area contributed by atoms with Crippen LogP contribution in [0.25, 0.3) is 0 Å². The van der Waals surface area contributed by atoms with Crippen molar-refractivity contribution in [3.05, 3.63) is 23.3 Å². The van der Waals surface area contributed by atoms with Gasteiger partial charge in [-0.05, 0) is 36.6 Å². The van der Waals surface area contributed by atoms with Crippen LogP contribution in [0, 0.1) is 0 Å². The van der Waals surface area contributed by atoms with E-state index in [1.54, 1.807) is 14.2 Å². The second-order valence-electron chi connectivity index (χ2n) is 5.22. The lowest BCUT2D eigenvalue weighted by Crippen LogP contribution is -2.38. The maximum atomic E-state index is 12.1. The number of hydrogen-bond acceptors (Lipinski definition) is 4. The zero-order valence-corrected chi connectivity index (χ0v) is 13.5. The highest BCUT2D eigenvalue weighted by molar-refractivity contribution is 5.85. The van der Waals surface area contributed by atoms with E-state index < -0.39 is 0 Å². The van der Waals surface area contributed by atoms with Crippen molar-refractivity contribution < 1.29 is 14.3 Å². The van der Waals surface area contributed by atoms with Crippen molar-refractivity contribution in [1.82, 2.24) is 4.90 Å². The van der Waals surface area contributed by atoms with Crippen LogP contribution < -0.4 is 15.2 Å². The summed E-state index contributed by atoms with van der Waals surface area (Å²) in [5.41, 5.74) is 8.03. The third-order valence-corrected chi connectivity index (χ3v) is 3.57. The third kappa shape index (κ3) is 4.02. The molecule has 2 N–H and O–H groups in total. The number of carbonyl (C=O) groups excluding carboxylic acids is 1. The molecule has 0 aliphatic carbocycles. The average Bonchev–Trinajstić information content (AvgIpc) is 2.44. The maximum Gasteiger partial charge on any atom is 0.224 e. The fourth-order valence-electron chi connectivity index (χ4n) is 2.50. The fourth-order valence-corrected chi connectivity index (χ4v) is 2.50. The molecule has 1 aromatic carbocycles. The molecule has 0 saturated heterocycles. The molecular formula is C15H23ClN2O3. The van der Waals surface area contributed by atoms with Gasteiger partial charge in [0.05, 0.1) is 14.2 Å². The van der Waals surface area contributed by atoms with Gasteiger partial charge in [-0.3, -0.25) is 4.79 Å². The highest BCUT2D eigenvalue weighted by Crippen LogP contribution is 2.33. The number of nitrogens with zero attached hydrogens (tertiary/aromatic N) is 1. The number of ether oxygens (including phenoxy) is 2. The van der Waals surface area contributed by atoms with Crippen LogP contribution in [-0.4, -0.2) is 37.6 Å². The molecule has 1 aromatic rings. The Hall–Kier alpha value is -1.46. The second-order valence-corrected chi connectivity index (χ2v) is 5.22. The zero-order chi connectivity index (χ0) is 14.7. The van der Waals surface area contributed by atoms with Crippen LogP contribution in [0.3, 0.4) is 0 Å². The standard InChI is InChI=1S/C15H22N2O3.ClH/c1-10(16)6-15(18)17-5-4-11-7-13(19-2)14(20-3)8-12(11)9-17;/h7-8,10H,4-6,9,16H2,1-3H3;1H. The summed E-state index contributed by atoms with van der Waals surface area (Å²) >= 11 is 0. The molecule has 2 rings (SSSR count). The lowest BCUT2D eigenvalue weighted by Gasteiger charge is -2.30. The van der Waals surface area contributed by atoms with Crippen LogP contribution >= 0.6 is 12.4 Å². The Labute approximate surface area is 131 Å². The number of rotatable bonds is 4. The predicted octanol–water partition coefficient (Wildman–Crippen LogP) is 1.75. The molecule has 6 heteroatoms. The lowest BCUT2D eigenvalue weighted by atomic mass is 9.98. The molecule has 0 bridgehead atoms. The van der Waals surface area contributed by atoms with Crippen LogP contribution in [0.1, 0.15) is 24.5 Å². The molecule has 0 spiro atoms. The van der Waals surface area contributed by atoms with Crippen LogP contribution in [0.4, 0.5) is 0 Å². The highest BCUT2D eigenvalue weighted by Gasteiger charge is 2.23. The first-order valence-electron chi connectivity index (χ1n) is 6.82. The molecule has 0 radical (unpaired) electrons. The minimum atomic E-state index is -0.102. The molecule has 0 saturated carbocycles. The average molecular weight is 315 g/mol. The topological polar surface area (TPSA) is 64.8 Å². The number of carbonyl (C=O) groups is 1. The molecule has 0 fully saturated rings. The van der Waals surface area contributed by atoms with Crippen molar-refractivity contribution in [3.63, 3.8) is 0 Å². The zero-order valence-electron chi connectivity index (χ0n) is 12.7. The Morgan fingerprint density at radius 2 is 1.86 bits per heavy atom. The smallest absolute Gasteiger partial charge is 0.224 e. The first kappa shape index (κ1) is 17.6. The van der Waals surface area contributed by atoms with Crippen molar-refractivity contribution in [2.45, 2.75) is 32.4 Å². The first-order chi connectivity index (χ1) is 9.55. The summed E-state index contributed by atoms with van der Waals surface area (Å²) in [6.45, 7) is 3.19. The number of halogens is 1. The summed E-state index contributed by atoms with van der Waals surface area (Å²) in [5, 5.41) is 0. The summed E-state index contributed by atoms with van der Waals surface area (Å²) in [5.74, 6) is 1.55. The molecule has 118 valence electrons. The van der Waals surface area contributed by atoms with E-state index >= 15 is 0 Å². The van der Waals surface area contributed by atoms with E-state index in [0.717, 1.165) is 24.3 Å². The summed E-state index contributed by atoms with van der Waals surface area (Å²) in [6.07, 6.45) is 1.23. The summed E-state index contributed by atoms with van der Waals surface area (Å²) < 4.78 is 10.6. The van der Waals surface area contributed by atoms with Gasteiger partial charge in [0.2, 0.25) is 5.91 Å². The third-order valence-electron chi connectivity index (χ3n) is 3.57. The van der Waals surface area contributed by atoms with Crippen LogP contribution in [0.2, 0.25) is 0 Å². The van der Waals surface area contributed by atoms with E-state index in [2.05, 4.69) is 0 Å². The van der Waals surface area contributed by atoms with E-state index in [4.69, 9.17) is 15.2 Å². The summed E-state index contributed by atoms with van der Waals surface area (Å²) in [6, 6.07) is 3.86. The normalized spacial score (nSPS) is 14.8. The number of amides is 1. The molecule has 1 unspecified atom stereocenters. The molecule has 1 aliphatic heterocycles. The molecule has 1 amide bonds. The molecule has 1 heterocycles. The summed E-state index contributed by atoms with van der Waals surface area (Å²) in [7, 11) is 3.25. The van der Waals surface area contributed by atoms with E-state index in [-0.39, 0.29) is 24.4 Å². The van der Waals surface area contributed by atoms with Gasteiger partial charge in [0, 0.05) is 25.6 Å². The highest BCUT2D eigenvalue weighted by atomic mass is 35.5. The Kier molecular flexibility index (Phi) is 6.30. The Morgan fingerprint density at radius 3 is 2.38 bits per heavy atom. The van der Waals surface area contributed by atoms with Gasteiger partial charge in [-0.2, -0.15) is 0 Å². The molecule has 1 atom stereocenters. The van der Waals surface area contributed by atoms with E-state index in [1.807, 2.05) is 24.0 Å². The van der Waals surface area contributed by atoms with Gasteiger partial charge in [0.25, 0.3) is 0 Å². The number of benzene rings is 1. The number of hydrogen-bond donors (Lipinski definition) is 1. The largest absolute Gasteiger partial charge is 0.493 e. The molecule has 0 aromatic heterocycles. The fraction of sp³-hybridized carbons (Fsp3) is 0.533. The van der Waals surface area contributed by atoms with Crippen molar-refractivity contribution in [2.24, 2.45) is 5.73 Å². The van der Waals surface area contributed by atoms with Gasteiger partial charge in [0.1, 0.15) is 0 Å². The van der Waals surface area contributed by atoms with E-state index in [0.29, 0.717) is 18.7 Å². The minimum Gasteiger partial charge on any atom is -0.493 e. The van der Waals surface area contributed by atoms with Crippen molar-refractivity contribution in [1.29, 1.82) is 0 Å².